The van der Waals surface area contributed by atoms with Gasteiger partial charge in [0.25, 0.3) is 11.1 Å². The van der Waals surface area contributed by atoms with Crippen molar-refractivity contribution in [1.29, 1.82) is 0 Å². The fraction of sp³-hybridized carbons (Fsp3) is 0.250. The van der Waals surface area contributed by atoms with E-state index in [1.807, 2.05) is 25.1 Å². The van der Waals surface area contributed by atoms with E-state index in [1.54, 1.807) is 37.3 Å². The van der Waals surface area contributed by atoms with Crippen LogP contribution in [0.3, 0.4) is 0 Å². The lowest BCUT2D eigenvalue weighted by atomic mass is 10.3. The molecule has 2 aromatic carbocycles. The molecule has 2 amide bonds. The van der Waals surface area contributed by atoms with E-state index in [0.717, 1.165) is 23.0 Å². The van der Waals surface area contributed by atoms with Gasteiger partial charge in [-0.3, -0.25) is 20.4 Å². The number of ether oxygens (including phenoxy) is 2. The van der Waals surface area contributed by atoms with Crippen molar-refractivity contribution in [2.75, 3.05) is 12.4 Å². The molecule has 0 radical (unpaired) electrons. The van der Waals surface area contributed by atoms with Gasteiger partial charge in [0.2, 0.25) is 5.91 Å². The van der Waals surface area contributed by atoms with Gasteiger partial charge in [0.05, 0.1) is 12.4 Å². The van der Waals surface area contributed by atoms with E-state index in [0.29, 0.717) is 23.2 Å². The van der Waals surface area contributed by atoms with Gasteiger partial charge in [-0.2, -0.15) is 0 Å². The summed E-state index contributed by atoms with van der Waals surface area (Å²) in [5, 5.41) is 0.389. The van der Waals surface area contributed by atoms with E-state index in [4.69, 9.17) is 13.9 Å². The Morgan fingerprint density at radius 2 is 1.83 bits per heavy atom. The molecular formula is C20H21N3O5S. The molecule has 1 aromatic heterocycles. The topological polar surface area (TPSA) is 103 Å². The van der Waals surface area contributed by atoms with Gasteiger partial charge in [0.1, 0.15) is 17.0 Å². The number of para-hydroxylation sites is 2. The zero-order valence-corrected chi connectivity index (χ0v) is 16.8. The summed E-state index contributed by atoms with van der Waals surface area (Å²) in [7, 11) is 0. The van der Waals surface area contributed by atoms with E-state index in [9.17, 15) is 9.59 Å². The molecule has 0 aliphatic rings. The molecule has 3 rings (SSSR count). The molecule has 0 aliphatic heterocycles. The van der Waals surface area contributed by atoms with Crippen LogP contribution in [0.15, 0.2) is 58.2 Å². The Morgan fingerprint density at radius 3 is 2.55 bits per heavy atom. The number of carbonyl (C=O) groups excluding carboxylic acids is 2. The second-order valence-electron chi connectivity index (χ2n) is 5.94. The Bertz CT molecular complexity index is 941. The molecule has 3 aromatic rings. The predicted octanol–water partition coefficient (Wildman–Crippen LogP) is 2.93. The van der Waals surface area contributed by atoms with E-state index in [2.05, 4.69) is 15.8 Å². The molecule has 0 unspecified atom stereocenters. The van der Waals surface area contributed by atoms with E-state index < -0.39 is 12.0 Å². The van der Waals surface area contributed by atoms with E-state index in [-0.39, 0.29) is 11.7 Å². The molecule has 0 bridgehead atoms. The van der Waals surface area contributed by atoms with Crippen molar-refractivity contribution in [3.05, 3.63) is 48.5 Å². The summed E-state index contributed by atoms with van der Waals surface area (Å²) in [4.78, 5) is 28.3. The average molecular weight is 415 g/mol. The summed E-state index contributed by atoms with van der Waals surface area (Å²) in [6.07, 6.45) is -0.794. The number of rotatable bonds is 8. The van der Waals surface area contributed by atoms with Crippen molar-refractivity contribution >= 4 is 34.7 Å². The number of hydrogen-bond acceptors (Lipinski definition) is 7. The molecule has 1 atom stereocenters. The zero-order valence-electron chi connectivity index (χ0n) is 16.0. The summed E-state index contributed by atoms with van der Waals surface area (Å²) in [6.45, 7) is 4.06. The van der Waals surface area contributed by atoms with Gasteiger partial charge in [0, 0.05) is 0 Å². The van der Waals surface area contributed by atoms with Crippen molar-refractivity contribution in [2.45, 2.75) is 25.2 Å². The second-order valence-corrected chi connectivity index (χ2v) is 6.86. The molecule has 1 heterocycles. The fourth-order valence-corrected chi connectivity index (χ4v) is 2.99. The van der Waals surface area contributed by atoms with Gasteiger partial charge in [-0.15, -0.1) is 0 Å². The lowest BCUT2D eigenvalue weighted by molar-refractivity contribution is -0.131. The number of hydrogen-bond donors (Lipinski definition) is 2. The lowest BCUT2D eigenvalue weighted by Gasteiger charge is -2.15. The molecule has 152 valence electrons. The number of hydrazine groups is 1. The van der Waals surface area contributed by atoms with E-state index in [1.165, 1.54) is 0 Å². The van der Waals surface area contributed by atoms with Crippen LogP contribution in [0.25, 0.3) is 11.1 Å². The maximum absolute atomic E-state index is 12.1. The van der Waals surface area contributed by atoms with Crippen molar-refractivity contribution in [3.8, 4) is 11.5 Å². The first-order chi connectivity index (χ1) is 14.0. The number of amides is 2. The summed E-state index contributed by atoms with van der Waals surface area (Å²) >= 11 is 1.14. The molecule has 9 heteroatoms. The highest BCUT2D eigenvalue weighted by molar-refractivity contribution is 7.99. The van der Waals surface area contributed by atoms with E-state index >= 15 is 0 Å². The van der Waals surface area contributed by atoms with Crippen LogP contribution >= 0.6 is 11.8 Å². The number of nitrogens with zero attached hydrogens (tertiary/aromatic N) is 1. The Morgan fingerprint density at radius 1 is 1.10 bits per heavy atom. The first-order valence-corrected chi connectivity index (χ1v) is 10.0. The van der Waals surface area contributed by atoms with Crippen LogP contribution in [0.2, 0.25) is 0 Å². The van der Waals surface area contributed by atoms with Gasteiger partial charge in [-0.05, 0) is 50.2 Å². The number of thioether (sulfide) groups is 1. The highest BCUT2D eigenvalue weighted by Crippen LogP contribution is 2.22. The SMILES string of the molecule is CCOc1ccc(O[C@@H](C)C(=O)NNC(=O)CSc2nc3ccccc3o2)cc1. The highest BCUT2D eigenvalue weighted by Gasteiger charge is 2.16. The molecule has 0 spiro atoms. The molecule has 0 aliphatic carbocycles. The third-order valence-electron chi connectivity index (χ3n) is 3.74. The van der Waals surface area contributed by atoms with Crippen LogP contribution in [-0.4, -0.2) is 35.3 Å². The van der Waals surface area contributed by atoms with Crippen LogP contribution in [0.1, 0.15) is 13.8 Å². The van der Waals surface area contributed by atoms with Gasteiger partial charge in [-0.25, -0.2) is 4.98 Å². The Labute approximate surface area is 171 Å². The molecule has 8 nitrogen and oxygen atoms in total. The van der Waals surface area contributed by atoms with Crippen molar-refractivity contribution in [3.63, 3.8) is 0 Å². The maximum atomic E-state index is 12.1. The van der Waals surface area contributed by atoms with Crippen LogP contribution in [-0.2, 0) is 9.59 Å². The van der Waals surface area contributed by atoms with Gasteiger partial charge >= 0.3 is 0 Å². The van der Waals surface area contributed by atoms with Gasteiger partial charge in [0.15, 0.2) is 11.7 Å². The summed E-state index contributed by atoms with van der Waals surface area (Å²) in [6, 6.07) is 14.3. The molecular weight excluding hydrogens is 394 g/mol. The first-order valence-electron chi connectivity index (χ1n) is 9.01. The second kappa shape index (κ2) is 9.83. The monoisotopic (exact) mass is 415 g/mol. The number of oxazole rings is 1. The minimum atomic E-state index is -0.794. The lowest BCUT2D eigenvalue weighted by Crippen LogP contribution is -2.47. The third kappa shape index (κ3) is 5.89. The maximum Gasteiger partial charge on any atom is 0.279 e. The zero-order chi connectivity index (χ0) is 20.6. The molecule has 0 fully saturated rings. The largest absolute Gasteiger partial charge is 0.494 e. The predicted molar refractivity (Wildman–Crippen MR) is 109 cm³/mol. The van der Waals surface area contributed by atoms with Crippen LogP contribution < -0.4 is 20.3 Å². The Balaban J connectivity index is 1.41. The smallest absolute Gasteiger partial charge is 0.279 e. The number of carbonyl (C=O) groups is 2. The summed E-state index contributed by atoms with van der Waals surface area (Å²) < 4.78 is 16.4. The van der Waals surface area contributed by atoms with Gasteiger partial charge < -0.3 is 13.9 Å². The third-order valence-corrected chi connectivity index (χ3v) is 4.57. The Kier molecular flexibility index (Phi) is 6.96. The number of aromatic nitrogens is 1. The number of benzene rings is 2. The van der Waals surface area contributed by atoms with Crippen LogP contribution in [0.5, 0.6) is 11.5 Å². The Hall–Kier alpha value is -3.20. The summed E-state index contributed by atoms with van der Waals surface area (Å²) in [5.74, 6) is 0.425. The van der Waals surface area contributed by atoms with Crippen molar-refractivity contribution in [2.24, 2.45) is 0 Å². The van der Waals surface area contributed by atoms with Gasteiger partial charge in [-0.1, -0.05) is 23.9 Å². The number of nitrogens with one attached hydrogen (secondary N) is 2. The fourth-order valence-electron chi connectivity index (χ4n) is 2.35. The molecule has 2 N–H and O–H groups in total. The molecule has 0 saturated heterocycles. The average Bonchev–Trinajstić information content (AvgIpc) is 3.15. The number of fused-ring (bicyclic) bond motifs is 1. The summed E-state index contributed by atoms with van der Waals surface area (Å²) in [5.41, 5.74) is 6.08. The highest BCUT2D eigenvalue weighted by atomic mass is 32.2. The molecule has 29 heavy (non-hydrogen) atoms. The minimum absolute atomic E-state index is 0.0429. The normalized spacial score (nSPS) is 11.7. The van der Waals surface area contributed by atoms with Crippen LogP contribution in [0.4, 0.5) is 0 Å². The van der Waals surface area contributed by atoms with Crippen molar-refractivity contribution in [1.82, 2.24) is 15.8 Å². The first kappa shape index (κ1) is 20.5. The minimum Gasteiger partial charge on any atom is -0.494 e. The standard InChI is InChI=1S/C20H21N3O5S/c1-3-26-14-8-10-15(11-9-14)27-13(2)19(25)23-22-18(24)12-29-20-21-16-6-4-5-7-17(16)28-20/h4-11,13H,3,12H2,1-2H3,(H,22,24)(H,23,25)/t13-/m0/s1. The van der Waals surface area contributed by atoms with Crippen molar-refractivity contribution < 1.29 is 23.5 Å². The quantitative estimate of drug-likeness (QED) is 0.431. The van der Waals surface area contributed by atoms with Crippen LogP contribution in [0, 0.1) is 0 Å². The molecule has 0 saturated carbocycles.